The fraction of sp³-hybridized carbons (Fsp3) is 0.286. The molecule has 0 amide bonds. The molecule has 0 spiro atoms. The molecule has 2 aromatic rings. The first-order chi connectivity index (χ1) is 9.10. The number of thioether (sulfide) groups is 1. The number of aromatic nitrogens is 2. The van der Waals surface area contributed by atoms with E-state index in [9.17, 15) is 4.39 Å². The molecule has 0 saturated carbocycles. The number of nitrogens with two attached hydrogens (primary N) is 1. The van der Waals surface area contributed by atoms with Gasteiger partial charge in [-0.05, 0) is 37.6 Å². The zero-order valence-corrected chi connectivity index (χ0v) is 11.8. The average molecular weight is 277 g/mol. The Morgan fingerprint density at radius 2 is 1.89 bits per heavy atom. The molecule has 0 atom stereocenters. The maximum atomic E-state index is 12.8. The van der Waals surface area contributed by atoms with Crippen LogP contribution in [0.2, 0.25) is 0 Å². The number of halogens is 1. The Hall–Kier alpha value is -1.62. The summed E-state index contributed by atoms with van der Waals surface area (Å²) in [6.45, 7) is 3.98. The zero-order valence-electron chi connectivity index (χ0n) is 11.0. The van der Waals surface area contributed by atoms with Gasteiger partial charge in [-0.2, -0.15) is 0 Å². The first-order valence-electron chi connectivity index (χ1n) is 6.10. The molecule has 0 aliphatic rings. The smallest absolute Gasteiger partial charge is 0.141 e. The number of rotatable bonds is 4. The Kier molecular flexibility index (Phi) is 4.37. The van der Waals surface area contributed by atoms with E-state index < -0.39 is 0 Å². The minimum absolute atomic E-state index is 0.228. The Labute approximate surface area is 116 Å². The van der Waals surface area contributed by atoms with Crippen LogP contribution in [0.3, 0.4) is 0 Å². The van der Waals surface area contributed by atoms with E-state index in [0.717, 1.165) is 22.6 Å². The third-order valence-electron chi connectivity index (χ3n) is 2.85. The number of aryl methyl sites for hydroxylation is 1. The Morgan fingerprint density at radius 1 is 1.21 bits per heavy atom. The van der Waals surface area contributed by atoms with E-state index in [1.54, 1.807) is 23.9 Å². The first-order valence-corrected chi connectivity index (χ1v) is 7.09. The molecule has 1 aromatic heterocycles. The van der Waals surface area contributed by atoms with E-state index >= 15 is 0 Å². The molecule has 5 heteroatoms. The highest BCUT2D eigenvalue weighted by Gasteiger charge is 2.07. The lowest BCUT2D eigenvalue weighted by Gasteiger charge is -2.08. The molecule has 0 bridgehead atoms. The van der Waals surface area contributed by atoms with E-state index in [1.807, 2.05) is 13.8 Å². The summed E-state index contributed by atoms with van der Waals surface area (Å²) in [5.74, 6) is 1.66. The molecular formula is C14H16FN3S. The highest BCUT2D eigenvalue weighted by molar-refractivity contribution is 7.98. The van der Waals surface area contributed by atoms with Crippen LogP contribution in [0, 0.1) is 12.7 Å². The number of nitrogen functional groups attached to an aromatic ring is 1. The lowest BCUT2D eigenvalue weighted by Crippen LogP contribution is -2.05. The van der Waals surface area contributed by atoms with Crippen LogP contribution in [-0.2, 0) is 12.2 Å². The topological polar surface area (TPSA) is 51.8 Å². The second-order valence-corrected chi connectivity index (χ2v) is 5.24. The molecule has 0 saturated heterocycles. The predicted octanol–water partition coefficient (Wildman–Crippen LogP) is 3.36. The Balaban J connectivity index is 2.11. The first kappa shape index (κ1) is 13.8. The third kappa shape index (κ3) is 3.44. The van der Waals surface area contributed by atoms with Gasteiger partial charge in [0.15, 0.2) is 0 Å². The monoisotopic (exact) mass is 277 g/mol. The van der Waals surface area contributed by atoms with Gasteiger partial charge in [0.05, 0.1) is 5.75 Å². The molecule has 0 aliphatic heterocycles. The van der Waals surface area contributed by atoms with Gasteiger partial charge >= 0.3 is 0 Å². The van der Waals surface area contributed by atoms with Gasteiger partial charge in [-0.15, -0.1) is 11.8 Å². The fourth-order valence-corrected chi connectivity index (χ4v) is 2.48. The SMILES string of the molecule is CCc1nc(CSc2ccc(F)cc2)nc(N)c1C. The molecule has 19 heavy (non-hydrogen) atoms. The van der Waals surface area contributed by atoms with Crippen molar-refractivity contribution in [2.45, 2.75) is 30.9 Å². The van der Waals surface area contributed by atoms with Crippen molar-refractivity contribution in [3.63, 3.8) is 0 Å². The maximum Gasteiger partial charge on any atom is 0.141 e. The molecule has 1 heterocycles. The van der Waals surface area contributed by atoms with Crippen LogP contribution in [0.4, 0.5) is 10.2 Å². The Morgan fingerprint density at radius 3 is 2.53 bits per heavy atom. The summed E-state index contributed by atoms with van der Waals surface area (Å²) in [6.07, 6.45) is 0.840. The second-order valence-electron chi connectivity index (χ2n) is 4.19. The summed E-state index contributed by atoms with van der Waals surface area (Å²) in [5.41, 5.74) is 7.82. The molecule has 1 aromatic carbocycles. The number of anilines is 1. The Bertz CT molecular complexity index is 570. The maximum absolute atomic E-state index is 12.8. The summed E-state index contributed by atoms with van der Waals surface area (Å²) in [4.78, 5) is 9.77. The lowest BCUT2D eigenvalue weighted by atomic mass is 10.2. The van der Waals surface area contributed by atoms with Crippen LogP contribution in [0.15, 0.2) is 29.2 Å². The van der Waals surface area contributed by atoms with Crippen LogP contribution in [-0.4, -0.2) is 9.97 Å². The predicted molar refractivity (Wildman–Crippen MR) is 76.5 cm³/mol. The van der Waals surface area contributed by atoms with Gasteiger partial charge in [-0.1, -0.05) is 6.92 Å². The van der Waals surface area contributed by atoms with Crippen molar-refractivity contribution >= 4 is 17.6 Å². The highest BCUT2D eigenvalue weighted by Crippen LogP contribution is 2.23. The van der Waals surface area contributed by atoms with Gasteiger partial charge in [-0.25, -0.2) is 14.4 Å². The molecule has 2 N–H and O–H groups in total. The number of hydrogen-bond donors (Lipinski definition) is 1. The van der Waals surface area contributed by atoms with Crippen LogP contribution < -0.4 is 5.73 Å². The van der Waals surface area contributed by atoms with Crippen molar-refractivity contribution in [1.29, 1.82) is 0 Å². The summed E-state index contributed by atoms with van der Waals surface area (Å²) in [5, 5.41) is 0. The standard InChI is InChI=1S/C14H16FN3S/c1-3-12-9(2)14(16)18-13(17-12)8-19-11-6-4-10(15)5-7-11/h4-7H,3,8H2,1-2H3,(H2,16,17,18). The van der Waals surface area contributed by atoms with Crippen LogP contribution in [0.1, 0.15) is 24.0 Å². The van der Waals surface area contributed by atoms with E-state index in [-0.39, 0.29) is 5.82 Å². The molecule has 0 fully saturated rings. The minimum atomic E-state index is -0.228. The van der Waals surface area contributed by atoms with Crippen molar-refractivity contribution < 1.29 is 4.39 Å². The van der Waals surface area contributed by atoms with Crippen molar-refractivity contribution in [1.82, 2.24) is 9.97 Å². The second kappa shape index (κ2) is 6.02. The molecule has 100 valence electrons. The number of benzene rings is 1. The van der Waals surface area contributed by atoms with E-state index in [4.69, 9.17) is 5.73 Å². The van der Waals surface area contributed by atoms with Crippen LogP contribution in [0.25, 0.3) is 0 Å². The fourth-order valence-electron chi connectivity index (χ4n) is 1.72. The number of nitrogens with zero attached hydrogens (tertiary/aromatic N) is 2. The molecule has 0 unspecified atom stereocenters. The van der Waals surface area contributed by atoms with Gasteiger partial charge in [0.25, 0.3) is 0 Å². The molecule has 0 aliphatic carbocycles. The summed E-state index contributed by atoms with van der Waals surface area (Å²) in [7, 11) is 0. The van der Waals surface area contributed by atoms with E-state index in [1.165, 1.54) is 12.1 Å². The largest absolute Gasteiger partial charge is 0.383 e. The van der Waals surface area contributed by atoms with Crippen molar-refractivity contribution in [3.05, 3.63) is 47.2 Å². The minimum Gasteiger partial charge on any atom is -0.383 e. The van der Waals surface area contributed by atoms with Crippen molar-refractivity contribution in [2.24, 2.45) is 0 Å². The van der Waals surface area contributed by atoms with Crippen LogP contribution >= 0.6 is 11.8 Å². The third-order valence-corrected chi connectivity index (χ3v) is 3.86. The summed E-state index contributed by atoms with van der Waals surface area (Å²) in [6, 6.07) is 6.39. The molecule has 3 nitrogen and oxygen atoms in total. The molecule has 0 radical (unpaired) electrons. The zero-order chi connectivity index (χ0) is 13.8. The lowest BCUT2D eigenvalue weighted by molar-refractivity contribution is 0.626. The van der Waals surface area contributed by atoms with E-state index in [0.29, 0.717) is 17.4 Å². The normalized spacial score (nSPS) is 10.7. The van der Waals surface area contributed by atoms with Gasteiger partial charge in [-0.3, -0.25) is 0 Å². The van der Waals surface area contributed by atoms with Gasteiger partial charge in [0, 0.05) is 16.2 Å². The quantitative estimate of drug-likeness (QED) is 0.871. The van der Waals surface area contributed by atoms with Crippen molar-refractivity contribution in [3.8, 4) is 0 Å². The highest BCUT2D eigenvalue weighted by atomic mass is 32.2. The summed E-state index contributed by atoms with van der Waals surface area (Å²) < 4.78 is 12.8. The molecule has 2 rings (SSSR count). The average Bonchev–Trinajstić information content (AvgIpc) is 2.41. The van der Waals surface area contributed by atoms with Crippen molar-refractivity contribution in [2.75, 3.05) is 5.73 Å². The van der Waals surface area contributed by atoms with Gasteiger partial charge < -0.3 is 5.73 Å². The van der Waals surface area contributed by atoms with Gasteiger partial charge in [0.1, 0.15) is 17.5 Å². The molecular weight excluding hydrogens is 261 g/mol. The van der Waals surface area contributed by atoms with Crippen LogP contribution in [0.5, 0.6) is 0 Å². The van der Waals surface area contributed by atoms with E-state index in [2.05, 4.69) is 9.97 Å². The summed E-state index contributed by atoms with van der Waals surface area (Å²) >= 11 is 1.57. The van der Waals surface area contributed by atoms with Gasteiger partial charge in [0.2, 0.25) is 0 Å². The number of hydrogen-bond acceptors (Lipinski definition) is 4.